The van der Waals surface area contributed by atoms with E-state index in [1.165, 1.54) is 31.2 Å². The summed E-state index contributed by atoms with van der Waals surface area (Å²) in [6.07, 6.45) is -16.0. The smallest absolute Gasteiger partial charge is 0.197 e. The van der Waals surface area contributed by atoms with E-state index < -0.39 is 84.8 Å². The van der Waals surface area contributed by atoms with Gasteiger partial charge in [-0.2, -0.15) is 0 Å². The summed E-state index contributed by atoms with van der Waals surface area (Å²) in [5, 5.41) is 93.0. The van der Waals surface area contributed by atoms with Gasteiger partial charge < -0.3 is 64.6 Å². The van der Waals surface area contributed by atoms with Crippen LogP contribution in [0.1, 0.15) is 18.6 Å². The van der Waals surface area contributed by atoms with Crippen LogP contribution in [-0.4, -0.2) is 108 Å². The standard InChI is InChI=1S/C27H30O14/c1-9-19(33)21(35)23(37)27(38-9)41-26-22(36)20(34)16(8-28)40-25(26)18-13(31)6-12(30)17-14(32)7-15(39-24(17)18)10-2-4-11(29)5-3-10/h2-7,9,16,19-23,25-31,33-37H,8H2,1H3/t9-,16+,19-,20+,21+,22-,23+,25-,26+,27+/m0/s1. The number of benzene rings is 2. The van der Waals surface area contributed by atoms with E-state index in [4.69, 9.17) is 18.6 Å². The first kappa shape index (κ1) is 29.2. The third-order valence-electron chi connectivity index (χ3n) is 7.40. The highest BCUT2D eigenvalue weighted by Gasteiger charge is 2.51. The van der Waals surface area contributed by atoms with Gasteiger partial charge in [0.15, 0.2) is 17.3 Å². The Labute approximate surface area is 231 Å². The highest BCUT2D eigenvalue weighted by molar-refractivity contribution is 5.89. The van der Waals surface area contributed by atoms with Crippen LogP contribution in [0.4, 0.5) is 0 Å². The van der Waals surface area contributed by atoms with E-state index >= 15 is 0 Å². The molecular weight excluding hydrogens is 548 g/mol. The minimum atomic E-state index is -1.85. The van der Waals surface area contributed by atoms with Crippen LogP contribution < -0.4 is 5.43 Å². The van der Waals surface area contributed by atoms with E-state index in [9.17, 15) is 50.8 Å². The van der Waals surface area contributed by atoms with Gasteiger partial charge in [-0.15, -0.1) is 0 Å². The van der Waals surface area contributed by atoms with Crippen LogP contribution in [0.25, 0.3) is 22.3 Å². The molecule has 0 amide bonds. The molecule has 14 nitrogen and oxygen atoms in total. The second kappa shape index (κ2) is 11.2. The van der Waals surface area contributed by atoms with E-state index in [0.717, 1.165) is 12.1 Å². The number of hydrogen-bond acceptors (Lipinski definition) is 14. The first-order valence-electron chi connectivity index (χ1n) is 12.7. The van der Waals surface area contributed by atoms with Crippen molar-refractivity contribution < 1.29 is 64.6 Å². The fraction of sp³-hybridized carbons (Fsp3) is 0.444. The fourth-order valence-electron chi connectivity index (χ4n) is 5.12. The van der Waals surface area contributed by atoms with Gasteiger partial charge in [-0.25, -0.2) is 0 Å². The minimum Gasteiger partial charge on any atom is -0.508 e. The van der Waals surface area contributed by atoms with Crippen molar-refractivity contribution in [2.24, 2.45) is 0 Å². The molecule has 222 valence electrons. The van der Waals surface area contributed by atoms with Crippen LogP contribution in [0.3, 0.4) is 0 Å². The molecule has 0 bridgehead atoms. The minimum absolute atomic E-state index is 0.0294. The average molecular weight is 579 g/mol. The van der Waals surface area contributed by atoms with E-state index in [0.29, 0.717) is 5.56 Å². The van der Waals surface area contributed by atoms with Gasteiger partial charge in [0.25, 0.3) is 0 Å². The van der Waals surface area contributed by atoms with Crippen molar-refractivity contribution in [2.45, 2.75) is 68.1 Å². The SMILES string of the molecule is C[C@@H]1O[C@H](O[C@@H]2[C@@H](O)[C@H](O)[C@@H](CO)O[C@H]2c2c(O)cc(O)c3c(=O)cc(-c4ccc(O)cc4)oc23)[C@H](O)[C@H](O)[C@H]1O. The summed E-state index contributed by atoms with van der Waals surface area (Å²) < 4.78 is 23.0. The molecule has 2 saturated heterocycles. The molecule has 0 radical (unpaired) electrons. The molecule has 0 saturated carbocycles. The fourth-order valence-corrected chi connectivity index (χ4v) is 5.12. The molecule has 2 aromatic carbocycles. The summed E-state index contributed by atoms with van der Waals surface area (Å²) in [5.41, 5.74) is -1.08. The maximum Gasteiger partial charge on any atom is 0.197 e. The third-order valence-corrected chi connectivity index (χ3v) is 7.40. The van der Waals surface area contributed by atoms with Crippen molar-refractivity contribution in [3.8, 4) is 28.6 Å². The number of aliphatic hydroxyl groups excluding tert-OH is 6. The summed E-state index contributed by atoms with van der Waals surface area (Å²) in [7, 11) is 0. The Balaban J connectivity index is 1.67. The molecule has 0 aliphatic carbocycles. The molecule has 10 atom stereocenters. The molecule has 0 unspecified atom stereocenters. The lowest BCUT2D eigenvalue weighted by Gasteiger charge is -2.46. The van der Waals surface area contributed by atoms with E-state index in [2.05, 4.69) is 0 Å². The van der Waals surface area contributed by atoms with Crippen molar-refractivity contribution in [1.29, 1.82) is 0 Å². The number of aliphatic hydroxyl groups is 6. The lowest BCUT2D eigenvalue weighted by molar-refractivity contribution is -0.338. The molecule has 9 N–H and O–H groups in total. The molecule has 2 aliphatic heterocycles. The Morgan fingerprint density at radius 3 is 2.17 bits per heavy atom. The largest absolute Gasteiger partial charge is 0.508 e. The van der Waals surface area contributed by atoms with Crippen LogP contribution in [-0.2, 0) is 14.2 Å². The molecule has 1 aromatic heterocycles. The highest BCUT2D eigenvalue weighted by atomic mass is 16.7. The normalized spacial score (nSPS) is 34.1. The second-order valence-electron chi connectivity index (χ2n) is 10.1. The maximum atomic E-state index is 13.1. The molecule has 2 aliphatic rings. The van der Waals surface area contributed by atoms with Crippen LogP contribution in [0.2, 0.25) is 0 Å². The first-order chi connectivity index (χ1) is 19.4. The molecule has 0 spiro atoms. The third kappa shape index (κ3) is 5.14. The van der Waals surface area contributed by atoms with Gasteiger partial charge in [0.1, 0.15) is 77.2 Å². The number of rotatable bonds is 5. The topological polar surface area (TPSA) is 240 Å². The molecule has 3 heterocycles. The van der Waals surface area contributed by atoms with Gasteiger partial charge in [-0.05, 0) is 31.2 Å². The maximum absolute atomic E-state index is 13.1. The number of aromatic hydroxyl groups is 3. The van der Waals surface area contributed by atoms with Gasteiger partial charge in [0.05, 0.1) is 18.3 Å². The van der Waals surface area contributed by atoms with Gasteiger partial charge >= 0.3 is 0 Å². The van der Waals surface area contributed by atoms with E-state index in [1.54, 1.807) is 0 Å². The summed E-state index contributed by atoms with van der Waals surface area (Å²) in [6, 6.07) is 7.53. The number of hydrogen-bond donors (Lipinski definition) is 9. The zero-order chi connectivity index (χ0) is 29.7. The zero-order valence-corrected chi connectivity index (χ0v) is 21.5. The van der Waals surface area contributed by atoms with Crippen molar-refractivity contribution >= 4 is 11.0 Å². The van der Waals surface area contributed by atoms with E-state index in [1.807, 2.05) is 0 Å². The van der Waals surface area contributed by atoms with Crippen molar-refractivity contribution in [1.82, 2.24) is 0 Å². The van der Waals surface area contributed by atoms with Crippen LogP contribution >= 0.6 is 0 Å². The molecule has 2 fully saturated rings. The number of phenols is 3. The molecule has 41 heavy (non-hydrogen) atoms. The predicted molar refractivity (Wildman–Crippen MR) is 137 cm³/mol. The average Bonchev–Trinajstić information content (AvgIpc) is 2.93. The summed E-state index contributed by atoms with van der Waals surface area (Å²) in [6.45, 7) is 0.613. The first-order valence-corrected chi connectivity index (χ1v) is 12.7. The lowest BCUT2D eigenvalue weighted by atomic mass is 9.89. The van der Waals surface area contributed by atoms with Gasteiger partial charge in [0.2, 0.25) is 0 Å². The number of ether oxygens (including phenoxy) is 3. The van der Waals surface area contributed by atoms with E-state index in [-0.39, 0.29) is 28.0 Å². The van der Waals surface area contributed by atoms with Gasteiger partial charge in [0, 0.05) is 17.7 Å². The van der Waals surface area contributed by atoms with Gasteiger partial charge in [-0.3, -0.25) is 4.79 Å². The van der Waals surface area contributed by atoms with Gasteiger partial charge in [-0.1, -0.05) is 0 Å². The quantitative estimate of drug-likeness (QED) is 0.175. The predicted octanol–water partition coefficient (Wildman–Crippen LogP) is -1.06. The highest BCUT2D eigenvalue weighted by Crippen LogP contribution is 2.45. The Hall–Kier alpha value is -3.31. The number of fused-ring (bicyclic) bond motifs is 1. The lowest BCUT2D eigenvalue weighted by Crippen LogP contribution is -2.61. The van der Waals surface area contributed by atoms with Crippen LogP contribution in [0.5, 0.6) is 17.2 Å². The Morgan fingerprint density at radius 1 is 0.829 bits per heavy atom. The summed E-state index contributed by atoms with van der Waals surface area (Å²) >= 11 is 0. The Morgan fingerprint density at radius 2 is 1.51 bits per heavy atom. The van der Waals surface area contributed by atoms with Crippen molar-refractivity contribution in [3.05, 3.63) is 52.2 Å². The van der Waals surface area contributed by atoms with Crippen molar-refractivity contribution in [2.75, 3.05) is 6.61 Å². The zero-order valence-electron chi connectivity index (χ0n) is 21.5. The Kier molecular flexibility index (Phi) is 7.95. The van der Waals surface area contributed by atoms with Crippen LogP contribution in [0.15, 0.2) is 45.6 Å². The molecule has 3 aromatic rings. The summed E-state index contributed by atoms with van der Waals surface area (Å²) in [4.78, 5) is 13.1. The second-order valence-corrected chi connectivity index (χ2v) is 10.1. The van der Waals surface area contributed by atoms with Crippen molar-refractivity contribution in [3.63, 3.8) is 0 Å². The molecule has 14 heteroatoms. The number of phenolic OH excluding ortho intramolecular Hbond substituents is 3. The summed E-state index contributed by atoms with van der Waals surface area (Å²) in [5.74, 6) is -1.39. The van der Waals surface area contributed by atoms with Crippen LogP contribution in [0, 0.1) is 0 Å². The monoisotopic (exact) mass is 578 g/mol. The molecule has 5 rings (SSSR count). The molecular formula is C27H30O14. The Bertz CT molecular complexity index is 1460.